The van der Waals surface area contributed by atoms with Crippen molar-refractivity contribution < 1.29 is 14.3 Å². The number of nitrogens with one attached hydrogen (secondary N) is 1. The smallest absolute Gasteiger partial charge is 0.255 e. The third-order valence-electron chi connectivity index (χ3n) is 2.89. The van der Waals surface area contributed by atoms with Crippen molar-refractivity contribution >= 4 is 23.2 Å². The predicted molar refractivity (Wildman–Crippen MR) is 88.2 cm³/mol. The normalized spacial score (nSPS) is 10.1. The number of hydrogen-bond acceptors (Lipinski definition) is 3. The highest BCUT2D eigenvalue weighted by Gasteiger charge is 2.16. The maximum Gasteiger partial charge on any atom is 0.255 e. The summed E-state index contributed by atoms with van der Waals surface area (Å²) in [7, 11) is 0. The lowest BCUT2D eigenvalue weighted by atomic mass is 10.1. The molecule has 0 spiro atoms. The molecule has 1 N–H and O–H groups in total. The number of para-hydroxylation sites is 1. The largest absolute Gasteiger partial charge is 0.490 e. The van der Waals surface area contributed by atoms with Crippen molar-refractivity contribution in [3.8, 4) is 11.5 Å². The van der Waals surface area contributed by atoms with Gasteiger partial charge in [0.2, 0.25) is 0 Å². The average Bonchev–Trinajstić information content (AvgIpc) is 2.51. The van der Waals surface area contributed by atoms with Gasteiger partial charge in [-0.3, -0.25) is 4.79 Å². The number of hydrogen-bond donors (Lipinski definition) is 1. The second kappa shape index (κ2) is 7.71. The summed E-state index contributed by atoms with van der Waals surface area (Å²) in [5, 5.41) is 3.17. The van der Waals surface area contributed by atoms with Crippen LogP contribution in [0.4, 0.5) is 5.69 Å². The van der Waals surface area contributed by atoms with Crippen LogP contribution in [0.15, 0.2) is 42.5 Å². The summed E-state index contributed by atoms with van der Waals surface area (Å²) in [6, 6.07) is 12.4. The Morgan fingerprint density at radius 2 is 1.77 bits per heavy atom. The zero-order chi connectivity index (χ0) is 15.9. The van der Waals surface area contributed by atoms with E-state index in [-0.39, 0.29) is 5.91 Å². The van der Waals surface area contributed by atoms with E-state index in [2.05, 4.69) is 5.32 Å². The molecule has 0 aromatic heterocycles. The Hall–Kier alpha value is -2.20. The number of benzene rings is 2. The van der Waals surface area contributed by atoms with Gasteiger partial charge >= 0.3 is 0 Å². The fourth-order valence-electron chi connectivity index (χ4n) is 1.97. The molecule has 0 unspecified atom stereocenters. The summed E-state index contributed by atoms with van der Waals surface area (Å²) in [5.74, 6) is 0.675. The molecule has 0 saturated heterocycles. The molecule has 0 atom stereocenters. The summed E-state index contributed by atoms with van der Waals surface area (Å²) in [5.41, 5.74) is 1.14. The first-order valence-electron chi connectivity index (χ1n) is 7.11. The fraction of sp³-hybridized carbons (Fsp3) is 0.235. The highest BCUT2D eigenvalue weighted by molar-refractivity contribution is 6.32. The van der Waals surface area contributed by atoms with Crippen LogP contribution < -0.4 is 14.8 Å². The third kappa shape index (κ3) is 3.92. The third-order valence-corrected chi connectivity index (χ3v) is 3.17. The maximum absolute atomic E-state index is 12.3. The summed E-state index contributed by atoms with van der Waals surface area (Å²) >= 11 is 6.21. The van der Waals surface area contributed by atoms with Gasteiger partial charge in [0.25, 0.3) is 5.91 Å². The summed E-state index contributed by atoms with van der Waals surface area (Å²) < 4.78 is 11.0. The van der Waals surface area contributed by atoms with Gasteiger partial charge in [-0.05, 0) is 38.1 Å². The predicted octanol–water partition coefficient (Wildman–Crippen LogP) is 4.39. The maximum atomic E-state index is 12.3. The van der Waals surface area contributed by atoms with Crippen molar-refractivity contribution in [3.63, 3.8) is 0 Å². The van der Waals surface area contributed by atoms with Gasteiger partial charge in [-0.15, -0.1) is 0 Å². The molecule has 2 aromatic rings. The number of carbonyl (C=O) groups is 1. The van der Waals surface area contributed by atoms with E-state index in [0.29, 0.717) is 35.3 Å². The van der Waals surface area contributed by atoms with Gasteiger partial charge < -0.3 is 14.8 Å². The van der Waals surface area contributed by atoms with Crippen molar-refractivity contribution in [2.45, 2.75) is 13.8 Å². The van der Waals surface area contributed by atoms with Crippen LogP contribution in [-0.2, 0) is 0 Å². The minimum Gasteiger partial charge on any atom is -0.490 e. The highest BCUT2D eigenvalue weighted by atomic mass is 35.5. The quantitative estimate of drug-likeness (QED) is 0.859. The SMILES string of the molecule is CCOc1cc(C(=O)Nc2ccccc2)cc(Cl)c1OCC. The van der Waals surface area contributed by atoms with E-state index in [1.807, 2.05) is 44.2 Å². The molecule has 2 rings (SSSR count). The van der Waals surface area contributed by atoms with Crippen molar-refractivity contribution in [3.05, 3.63) is 53.1 Å². The van der Waals surface area contributed by atoms with E-state index in [0.717, 1.165) is 5.69 Å². The number of carbonyl (C=O) groups excluding carboxylic acids is 1. The van der Waals surface area contributed by atoms with E-state index in [1.165, 1.54) is 0 Å². The van der Waals surface area contributed by atoms with E-state index in [1.54, 1.807) is 12.1 Å². The van der Waals surface area contributed by atoms with Crippen LogP contribution in [0, 0.1) is 0 Å². The van der Waals surface area contributed by atoms with Crippen molar-refractivity contribution in [1.29, 1.82) is 0 Å². The Kier molecular flexibility index (Phi) is 5.67. The number of anilines is 1. The number of amides is 1. The van der Waals surface area contributed by atoms with Crippen LogP contribution in [0.2, 0.25) is 5.02 Å². The molecule has 0 bridgehead atoms. The second-order valence-electron chi connectivity index (χ2n) is 4.47. The van der Waals surface area contributed by atoms with E-state index >= 15 is 0 Å². The van der Waals surface area contributed by atoms with Gasteiger partial charge in [-0.2, -0.15) is 0 Å². The van der Waals surface area contributed by atoms with Crippen LogP contribution in [0.1, 0.15) is 24.2 Å². The monoisotopic (exact) mass is 319 g/mol. The standard InChI is InChI=1S/C17H18ClNO3/c1-3-21-15-11-12(10-14(18)16(15)22-4-2)17(20)19-13-8-6-5-7-9-13/h5-11H,3-4H2,1-2H3,(H,19,20). The lowest BCUT2D eigenvalue weighted by Crippen LogP contribution is -2.12. The van der Waals surface area contributed by atoms with Gasteiger partial charge in [0.1, 0.15) is 0 Å². The molecule has 1 amide bonds. The Labute approximate surface area is 135 Å². The molecule has 0 aliphatic carbocycles. The molecule has 0 aliphatic rings. The van der Waals surface area contributed by atoms with Gasteiger partial charge in [0.05, 0.1) is 18.2 Å². The minimum absolute atomic E-state index is 0.253. The van der Waals surface area contributed by atoms with Gasteiger partial charge in [-0.1, -0.05) is 29.8 Å². The highest BCUT2D eigenvalue weighted by Crippen LogP contribution is 2.36. The molecule has 2 aromatic carbocycles. The van der Waals surface area contributed by atoms with Gasteiger partial charge in [-0.25, -0.2) is 0 Å². The topological polar surface area (TPSA) is 47.6 Å². The van der Waals surface area contributed by atoms with E-state index < -0.39 is 0 Å². The van der Waals surface area contributed by atoms with Crippen LogP contribution in [-0.4, -0.2) is 19.1 Å². The van der Waals surface area contributed by atoms with Crippen LogP contribution in [0.25, 0.3) is 0 Å². The minimum atomic E-state index is -0.253. The Morgan fingerprint density at radius 1 is 1.09 bits per heavy atom. The molecule has 0 saturated carbocycles. The fourth-order valence-corrected chi connectivity index (χ4v) is 2.24. The molecule has 0 fully saturated rings. The molecule has 116 valence electrons. The molecule has 0 aliphatic heterocycles. The van der Waals surface area contributed by atoms with E-state index in [4.69, 9.17) is 21.1 Å². The zero-order valence-electron chi connectivity index (χ0n) is 12.6. The number of halogens is 1. The first-order chi connectivity index (χ1) is 10.7. The Morgan fingerprint density at radius 3 is 2.41 bits per heavy atom. The van der Waals surface area contributed by atoms with Crippen molar-refractivity contribution in [2.75, 3.05) is 18.5 Å². The molecular formula is C17H18ClNO3. The van der Waals surface area contributed by atoms with Crippen molar-refractivity contribution in [2.24, 2.45) is 0 Å². The van der Waals surface area contributed by atoms with E-state index in [9.17, 15) is 4.79 Å². The Bertz CT molecular complexity index is 644. The van der Waals surface area contributed by atoms with Gasteiger partial charge in [0.15, 0.2) is 11.5 Å². The first-order valence-corrected chi connectivity index (χ1v) is 7.49. The average molecular weight is 320 g/mol. The van der Waals surface area contributed by atoms with Crippen LogP contribution in [0.3, 0.4) is 0 Å². The summed E-state index contributed by atoms with van der Waals surface area (Å²) in [4.78, 5) is 12.3. The van der Waals surface area contributed by atoms with Crippen LogP contribution >= 0.6 is 11.6 Å². The molecule has 4 nitrogen and oxygen atoms in total. The summed E-state index contributed by atoms with van der Waals surface area (Å²) in [6.07, 6.45) is 0. The lowest BCUT2D eigenvalue weighted by Gasteiger charge is -2.14. The Balaban J connectivity index is 2.28. The number of rotatable bonds is 6. The summed E-state index contributed by atoms with van der Waals surface area (Å²) in [6.45, 7) is 4.65. The molecular weight excluding hydrogens is 302 g/mol. The molecule has 0 radical (unpaired) electrons. The first kappa shape index (κ1) is 16.2. The molecule has 22 heavy (non-hydrogen) atoms. The van der Waals surface area contributed by atoms with Gasteiger partial charge in [0, 0.05) is 11.3 Å². The zero-order valence-corrected chi connectivity index (χ0v) is 13.3. The number of ether oxygens (including phenoxy) is 2. The molecule has 0 heterocycles. The lowest BCUT2D eigenvalue weighted by molar-refractivity contribution is 0.102. The van der Waals surface area contributed by atoms with Crippen molar-refractivity contribution in [1.82, 2.24) is 0 Å². The molecule has 5 heteroatoms. The second-order valence-corrected chi connectivity index (χ2v) is 4.88. The van der Waals surface area contributed by atoms with Crippen LogP contribution in [0.5, 0.6) is 11.5 Å².